The lowest BCUT2D eigenvalue weighted by atomic mass is 10.4. The third kappa shape index (κ3) is 2.59. The van der Waals surface area contributed by atoms with Crippen LogP contribution >= 0.6 is 35.0 Å². The summed E-state index contributed by atoms with van der Waals surface area (Å²) in [6.07, 6.45) is 0. The van der Waals surface area contributed by atoms with Gasteiger partial charge in [-0.05, 0) is 24.9 Å². The van der Waals surface area contributed by atoms with Gasteiger partial charge in [-0.15, -0.1) is 11.3 Å². The van der Waals surface area contributed by atoms with Gasteiger partial charge in [0.1, 0.15) is 0 Å². The van der Waals surface area contributed by atoms with Gasteiger partial charge in [-0.2, -0.15) is 11.8 Å². The van der Waals surface area contributed by atoms with E-state index in [1.54, 1.807) is 11.3 Å². The van der Waals surface area contributed by atoms with Gasteiger partial charge in [0.05, 0.1) is 4.21 Å². The summed E-state index contributed by atoms with van der Waals surface area (Å²) in [5.41, 5.74) is 6.75. The van der Waals surface area contributed by atoms with E-state index < -0.39 is 0 Å². The molecule has 2 nitrogen and oxygen atoms in total. The first-order valence-electron chi connectivity index (χ1n) is 4.62. The van der Waals surface area contributed by atoms with Gasteiger partial charge in [0, 0.05) is 35.2 Å². The van der Waals surface area contributed by atoms with Gasteiger partial charge in [-0.25, -0.2) is 4.31 Å². The fourth-order valence-corrected chi connectivity index (χ4v) is 4.72. The Morgan fingerprint density at radius 2 is 2.14 bits per heavy atom. The molecule has 0 radical (unpaired) electrons. The maximum absolute atomic E-state index is 5.82. The number of hydrogen-bond donors (Lipinski definition) is 1. The van der Waals surface area contributed by atoms with Crippen LogP contribution in [0.3, 0.4) is 0 Å². The molecule has 1 aliphatic heterocycles. The Labute approximate surface area is 97.4 Å². The molecule has 5 heteroatoms. The van der Waals surface area contributed by atoms with Gasteiger partial charge >= 0.3 is 0 Å². The third-order valence-electron chi connectivity index (χ3n) is 2.12. The van der Waals surface area contributed by atoms with Crippen molar-refractivity contribution in [3.05, 3.63) is 10.9 Å². The van der Waals surface area contributed by atoms with Crippen molar-refractivity contribution in [3.63, 3.8) is 0 Å². The molecular formula is C9H14N2S3. The molecule has 1 fully saturated rings. The molecular weight excluding hydrogens is 232 g/mol. The molecule has 14 heavy (non-hydrogen) atoms. The van der Waals surface area contributed by atoms with Crippen molar-refractivity contribution in [3.8, 4) is 0 Å². The molecule has 2 heterocycles. The van der Waals surface area contributed by atoms with Gasteiger partial charge in [-0.1, -0.05) is 0 Å². The van der Waals surface area contributed by atoms with Crippen molar-refractivity contribution in [2.45, 2.75) is 11.1 Å². The standard InChI is InChI=1S/C9H14N2S3/c1-7-8(10)6-9(13-7)14-11-2-4-12-5-3-11/h6H,2-5,10H2,1H3. The van der Waals surface area contributed by atoms with E-state index in [4.69, 9.17) is 5.73 Å². The molecule has 2 N–H and O–H groups in total. The van der Waals surface area contributed by atoms with E-state index in [2.05, 4.69) is 17.3 Å². The number of nitrogen functional groups attached to an aromatic ring is 1. The van der Waals surface area contributed by atoms with Gasteiger partial charge in [0.2, 0.25) is 0 Å². The van der Waals surface area contributed by atoms with E-state index in [9.17, 15) is 0 Å². The van der Waals surface area contributed by atoms with Crippen molar-refractivity contribution in [2.75, 3.05) is 30.3 Å². The van der Waals surface area contributed by atoms with Crippen LogP contribution in [0.25, 0.3) is 0 Å². The van der Waals surface area contributed by atoms with Crippen LogP contribution in [0.15, 0.2) is 10.3 Å². The number of thioether (sulfide) groups is 1. The quantitative estimate of drug-likeness (QED) is 0.813. The van der Waals surface area contributed by atoms with Crippen LogP contribution < -0.4 is 5.73 Å². The smallest absolute Gasteiger partial charge is 0.0777 e. The Morgan fingerprint density at radius 1 is 1.43 bits per heavy atom. The summed E-state index contributed by atoms with van der Waals surface area (Å²) in [6, 6.07) is 2.09. The van der Waals surface area contributed by atoms with Crippen molar-refractivity contribution in [1.82, 2.24) is 4.31 Å². The summed E-state index contributed by atoms with van der Waals surface area (Å²) in [6.45, 7) is 4.45. The number of anilines is 1. The highest BCUT2D eigenvalue weighted by molar-refractivity contribution is 8.00. The molecule has 0 bridgehead atoms. The van der Waals surface area contributed by atoms with E-state index in [-0.39, 0.29) is 0 Å². The molecule has 1 aromatic heterocycles. The van der Waals surface area contributed by atoms with Crippen LogP contribution in [-0.4, -0.2) is 28.9 Å². The number of nitrogens with zero attached hydrogens (tertiary/aromatic N) is 1. The van der Waals surface area contributed by atoms with Gasteiger partial charge in [0.25, 0.3) is 0 Å². The Balaban J connectivity index is 1.95. The van der Waals surface area contributed by atoms with E-state index >= 15 is 0 Å². The summed E-state index contributed by atoms with van der Waals surface area (Å²) in [5.74, 6) is 2.51. The molecule has 78 valence electrons. The zero-order valence-electron chi connectivity index (χ0n) is 8.16. The molecule has 0 amide bonds. The molecule has 2 rings (SSSR count). The predicted molar refractivity (Wildman–Crippen MR) is 68.2 cm³/mol. The van der Waals surface area contributed by atoms with E-state index in [0.717, 1.165) is 5.69 Å². The molecule has 0 atom stereocenters. The predicted octanol–water partition coefficient (Wildman–Crippen LogP) is 2.69. The highest BCUT2D eigenvalue weighted by atomic mass is 32.2. The summed E-state index contributed by atoms with van der Waals surface area (Å²) >= 11 is 5.70. The SMILES string of the molecule is Cc1sc(SN2CCSCC2)cc1N. The molecule has 1 aliphatic rings. The summed E-state index contributed by atoms with van der Waals surface area (Å²) in [5, 5.41) is 0. The van der Waals surface area contributed by atoms with E-state index in [1.165, 1.54) is 33.7 Å². The van der Waals surface area contributed by atoms with Crippen molar-refractivity contribution >= 4 is 40.7 Å². The lowest BCUT2D eigenvalue weighted by molar-refractivity contribution is 0.522. The minimum absolute atomic E-state index is 0.934. The lowest BCUT2D eigenvalue weighted by Gasteiger charge is -2.23. The molecule has 1 aromatic rings. The number of nitrogens with two attached hydrogens (primary N) is 1. The number of hydrogen-bond acceptors (Lipinski definition) is 5. The first kappa shape index (κ1) is 10.7. The fourth-order valence-electron chi connectivity index (χ4n) is 1.28. The van der Waals surface area contributed by atoms with Gasteiger partial charge < -0.3 is 5.73 Å². The average molecular weight is 246 g/mol. The van der Waals surface area contributed by atoms with Crippen LogP contribution in [-0.2, 0) is 0 Å². The highest BCUT2D eigenvalue weighted by Gasteiger charge is 2.13. The summed E-state index contributed by atoms with van der Waals surface area (Å²) < 4.78 is 3.76. The van der Waals surface area contributed by atoms with Gasteiger partial charge in [0.15, 0.2) is 0 Å². The van der Waals surface area contributed by atoms with E-state index in [1.807, 2.05) is 23.7 Å². The van der Waals surface area contributed by atoms with Crippen LogP contribution in [0, 0.1) is 6.92 Å². The average Bonchev–Trinajstić information content (AvgIpc) is 2.47. The van der Waals surface area contributed by atoms with Crippen LogP contribution in [0.4, 0.5) is 5.69 Å². The number of aryl methyl sites for hydroxylation is 1. The topological polar surface area (TPSA) is 29.3 Å². The van der Waals surface area contributed by atoms with Crippen LogP contribution in [0.5, 0.6) is 0 Å². The van der Waals surface area contributed by atoms with Crippen LogP contribution in [0.2, 0.25) is 0 Å². The van der Waals surface area contributed by atoms with Gasteiger partial charge in [-0.3, -0.25) is 0 Å². The summed E-state index contributed by atoms with van der Waals surface area (Å²) in [4.78, 5) is 1.24. The fraction of sp³-hybridized carbons (Fsp3) is 0.556. The Kier molecular flexibility index (Phi) is 3.65. The Hall–Kier alpha value is 0.160. The Bertz CT molecular complexity index is 286. The Morgan fingerprint density at radius 3 is 2.71 bits per heavy atom. The molecule has 0 saturated carbocycles. The second-order valence-corrected chi connectivity index (χ2v) is 7.09. The van der Waals surface area contributed by atoms with Crippen LogP contribution in [0.1, 0.15) is 4.88 Å². The highest BCUT2D eigenvalue weighted by Crippen LogP contribution is 2.34. The van der Waals surface area contributed by atoms with Crippen molar-refractivity contribution < 1.29 is 0 Å². The van der Waals surface area contributed by atoms with Crippen molar-refractivity contribution in [2.24, 2.45) is 0 Å². The second kappa shape index (κ2) is 4.79. The first-order valence-corrected chi connectivity index (χ1v) is 7.37. The molecule has 1 saturated heterocycles. The molecule has 0 spiro atoms. The number of thiophene rings is 1. The third-order valence-corrected chi connectivity index (χ3v) is 5.32. The molecule has 0 aliphatic carbocycles. The monoisotopic (exact) mass is 246 g/mol. The normalized spacial score (nSPS) is 18.6. The largest absolute Gasteiger partial charge is 0.398 e. The zero-order chi connectivity index (χ0) is 9.97. The van der Waals surface area contributed by atoms with E-state index in [0.29, 0.717) is 0 Å². The summed E-state index contributed by atoms with van der Waals surface area (Å²) in [7, 11) is 0. The molecule has 0 unspecified atom stereocenters. The lowest BCUT2D eigenvalue weighted by Crippen LogP contribution is -2.25. The minimum atomic E-state index is 0.934. The number of rotatable bonds is 2. The maximum atomic E-state index is 5.82. The first-order chi connectivity index (χ1) is 6.75. The molecule has 0 aromatic carbocycles. The second-order valence-electron chi connectivity index (χ2n) is 3.21. The maximum Gasteiger partial charge on any atom is 0.0777 e. The van der Waals surface area contributed by atoms with Crippen molar-refractivity contribution in [1.29, 1.82) is 0 Å². The zero-order valence-corrected chi connectivity index (χ0v) is 10.6. The minimum Gasteiger partial charge on any atom is -0.398 e.